The van der Waals surface area contributed by atoms with Gasteiger partial charge in [0.15, 0.2) is 0 Å². The molecule has 0 spiro atoms. The lowest BCUT2D eigenvalue weighted by molar-refractivity contribution is -0.147. The van der Waals surface area contributed by atoms with Crippen molar-refractivity contribution in [3.63, 3.8) is 0 Å². The van der Waals surface area contributed by atoms with Gasteiger partial charge in [0, 0.05) is 25.9 Å². The number of carbonyl (C=O) groups excluding carboxylic acids is 2. The van der Waals surface area contributed by atoms with Crippen LogP contribution in [0.3, 0.4) is 0 Å². The summed E-state index contributed by atoms with van der Waals surface area (Å²) in [7, 11) is 0. The van der Waals surface area contributed by atoms with Gasteiger partial charge in [-0.1, -0.05) is 50.2 Å². The normalized spacial score (nSPS) is 15.5. The number of amides is 2. The lowest BCUT2D eigenvalue weighted by atomic mass is 9.92. The number of H-pyrrole nitrogens is 1. The van der Waals surface area contributed by atoms with Crippen molar-refractivity contribution in [2.24, 2.45) is 5.92 Å². The van der Waals surface area contributed by atoms with Gasteiger partial charge >= 0.3 is 0 Å². The van der Waals surface area contributed by atoms with Crippen LogP contribution in [0.5, 0.6) is 0 Å². The van der Waals surface area contributed by atoms with E-state index in [0.29, 0.717) is 42.7 Å². The van der Waals surface area contributed by atoms with Crippen LogP contribution < -0.4 is 5.56 Å². The van der Waals surface area contributed by atoms with Crippen molar-refractivity contribution in [3.8, 4) is 0 Å². The molecule has 1 unspecified atom stereocenters. The van der Waals surface area contributed by atoms with Crippen molar-refractivity contribution in [1.29, 1.82) is 0 Å². The van der Waals surface area contributed by atoms with Crippen molar-refractivity contribution in [1.82, 2.24) is 19.8 Å². The van der Waals surface area contributed by atoms with Crippen molar-refractivity contribution in [2.45, 2.75) is 52.7 Å². The maximum absolute atomic E-state index is 13.7. The van der Waals surface area contributed by atoms with Crippen molar-refractivity contribution in [3.05, 3.63) is 75.8 Å². The van der Waals surface area contributed by atoms with Gasteiger partial charge in [-0.05, 0) is 36.1 Å². The Morgan fingerprint density at radius 3 is 2.55 bits per heavy atom. The second-order valence-electron chi connectivity index (χ2n) is 8.99. The van der Waals surface area contributed by atoms with E-state index >= 15 is 0 Å². The summed E-state index contributed by atoms with van der Waals surface area (Å²) in [6, 6.07) is 14.6. The zero-order chi connectivity index (χ0) is 23.5. The molecule has 1 N–H and O–H groups in total. The molecule has 172 valence electrons. The lowest BCUT2D eigenvalue weighted by Crippen LogP contribution is -2.53. The molecule has 0 aliphatic carbocycles. The number of para-hydroxylation sites is 1. The highest BCUT2D eigenvalue weighted by Crippen LogP contribution is 2.26. The summed E-state index contributed by atoms with van der Waals surface area (Å²) in [5, 5.41) is 0.518. The van der Waals surface area contributed by atoms with Gasteiger partial charge in [0.1, 0.15) is 11.9 Å². The maximum Gasteiger partial charge on any atom is 0.258 e. The predicted octanol–water partition coefficient (Wildman–Crippen LogP) is 3.27. The molecule has 2 heterocycles. The maximum atomic E-state index is 13.7. The van der Waals surface area contributed by atoms with E-state index in [0.717, 1.165) is 11.1 Å². The lowest BCUT2D eigenvalue weighted by Gasteiger charge is -2.38. The molecule has 33 heavy (non-hydrogen) atoms. The molecule has 7 nitrogen and oxygen atoms in total. The van der Waals surface area contributed by atoms with E-state index in [9.17, 15) is 14.4 Å². The SMILES string of the molecule is CCN(Cc1nc2ccccc2c(=O)[nH]1)C(=O)C1Cc2ccccc2CN1C(=O)CC(C)C. The Bertz CT molecular complexity index is 1230. The Kier molecular flexibility index (Phi) is 6.58. The number of rotatable bonds is 6. The molecule has 0 bridgehead atoms. The number of carbonyl (C=O) groups is 2. The van der Waals surface area contributed by atoms with Crippen LogP contribution in [0.2, 0.25) is 0 Å². The van der Waals surface area contributed by atoms with E-state index < -0.39 is 6.04 Å². The van der Waals surface area contributed by atoms with Gasteiger partial charge in [-0.2, -0.15) is 0 Å². The fourth-order valence-corrected chi connectivity index (χ4v) is 4.42. The highest BCUT2D eigenvalue weighted by molar-refractivity contribution is 5.88. The van der Waals surface area contributed by atoms with E-state index in [1.807, 2.05) is 51.1 Å². The minimum absolute atomic E-state index is 0.00820. The summed E-state index contributed by atoms with van der Waals surface area (Å²) in [6.45, 7) is 6.97. The molecule has 0 saturated heterocycles. The first kappa shape index (κ1) is 22.7. The van der Waals surface area contributed by atoms with Gasteiger partial charge in [0.25, 0.3) is 5.56 Å². The van der Waals surface area contributed by atoms with E-state index in [1.165, 1.54) is 0 Å². The zero-order valence-electron chi connectivity index (χ0n) is 19.4. The van der Waals surface area contributed by atoms with Gasteiger partial charge in [-0.3, -0.25) is 14.4 Å². The smallest absolute Gasteiger partial charge is 0.258 e. The highest BCUT2D eigenvalue weighted by Gasteiger charge is 2.36. The average molecular weight is 447 g/mol. The molecule has 1 aliphatic rings. The Balaban J connectivity index is 1.62. The van der Waals surface area contributed by atoms with Crippen LogP contribution in [0.25, 0.3) is 10.9 Å². The molecule has 2 amide bonds. The third-order valence-electron chi connectivity index (χ3n) is 6.13. The number of benzene rings is 2. The molecule has 0 fully saturated rings. The van der Waals surface area contributed by atoms with Gasteiger partial charge in [0.2, 0.25) is 11.8 Å². The number of hydrogen-bond acceptors (Lipinski definition) is 4. The second-order valence-corrected chi connectivity index (χ2v) is 8.99. The van der Waals surface area contributed by atoms with Gasteiger partial charge in [-0.15, -0.1) is 0 Å². The molecule has 3 aromatic rings. The number of aromatic amines is 1. The number of hydrogen-bond donors (Lipinski definition) is 1. The zero-order valence-corrected chi connectivity index (χ0v) is 19.4. The molecule has 1 atom stereocenters. The van der Waals surface area contributed by atoms with Crippen LogP contribution in [0, 0.1) is 5.92 Å². The van der Waals surface area contributed by atoms with Crippen molar-refractivity contribution < 1.29 is 9.59 Å². The summed E-state index contributed by atoms with van der Waals surface area (Å²) in [5.74, 6) is 0.510. The van der Waals surface area contributed by atoms with E-state index in [4.69, 9.17) is 0 Å². The van der Waals surface area contributed by atoms with E-state index in [2.05, 4.69) is 9.97 Å². The number of likely N-dealkylation sites (N-methyl/N-ethyl adjacent to an activating group) is 1. The third-order valence-corrected chi connectivity index (χ3v) is 6.13. The first-order valence-corrected chi connectivity index (χ1v) is 11.5. The standard InChI is InChI=1S/C26H30N4O3/c1-4-29(16-23-27-21-12-8-7-11-20(21)25(32)28-23)26(33)22-14-18-9-5-6-10-19(18)15-30(22)24(31)13-17(2)3/h5-12,17,22H,4,13-16H2,1-3H3,(H,27,28,32). The van der Waals surface area contributed by atoms with Crippen LogP contribution in [0.4, 0.5) is 0 Å². The second kappa shape index (κ2) is 9.57. The number of aromatic nitrogens is 2. The minimum Gasteiger partial charge on any atom is -0.334 e. The van der Waals surface area contributed by atoms with Crippen LogP contribution in [-0.2, 0) is 29.1 Å². The quantitative estimate of drug-likeness (QED) is 0.630. The molecule has 1 aliphatic heterocycles. The van der Waals surface area contributed by atoms with E-state index in [-0.39, 0.29) is 29.8 Å². The molecule has 0 saturated carbocycles. The van der Waals surface area contributed by atoms with Gasteiger partial charge in [-0.25, -0.2) is 4.98 Å². The molecular weight excluding hydrogens is 416 g/mol. The number of nitrogens with one attached hydrogen (secondary N) is 1. The van der Waals surface area contributed by atoms with E-state index in [1.54, 1.807) is 28.0 Å². The Morgan fingerprint density at radius 1 is 1.12 bits per heavy atom. The summed E-state index contributed by atoms with van der Waals surface area (Å²) >= 11 is 0. The Morgan fingerprint density at radius 2 is 1.82 bits per heavy atom. The summed E-state index contributed by atoms with van der Waals surface area (Å²) in [4.78, 5) is 50.0. The average Bonchev–Trinajstić information content (AvgIpc) is 2.81. The first-order valence-electron chi connectivity index (χ1n) is 11.5. The topological polar surface area (TPSA) is 86.4 Å². The fraction of sp³-hybridized carbons (Fsp3) is 0.385. The summed E-state index contributed by atoms with van der Waals surface area (Å²) < 4.78 is 0. The molecule has 7 heteroatoms. The largest absolute Gasteiger partial charge is 0.334 e. The fourth-order valence-electron chi connectivity index (χ4n) is 4.42. The first-order chi connectivity index (χ1) is 15.9. The Hall–Kier alpha value is -3.48. The van der Waals surface area contributed by atoms with Crippen LogP contribution in [0.15, 0.2) is 53.3 Å². The van der Waals surface area contributed by atoms with Crippen LogP contribution in [0.1, 0.15) is 44.1 Å². The molecular formula is C26H30N4O3. The predicted molar refractivity (Wildman–Crippen MR) is 127 cm³/mol. The number of nitrogens with zero attached hydrogens (tertiary/aromatic N) is 3. The van der Waals surface area contributed by atoms with Crippen LogP contribution in [-0.4, -0.2) is 44.2 Å². The summed E-state index contributed by atoms with van der Waals surface area (Å²) in [6.07, 6.45) is 0.884. The molecule has 2 aromatic carbocycles. The van der Waals surface area contributed by atoms with Gasteiger partial charge in [0.05, 0.1) is 17.4 Å². The molecule has 1 aromatic heterocycles. The van der Waals surface area contributed by atoms with Crippen molar-refractivity contribution >= 4 is 22.7 Å². The molecule has 4 rings (SSSR count). The Labute approximate surface area is 193 Å². The van der Waals surface area contributed by atoms with Crippen molar-refractivity contribution in [2.75, 3.05) is 6.54 Å². The van der Waals surface area contributed by atoms with Crippen LogP contribution >= 0.6 is 0 Å². The number of fused-ring (bicyclic) bond motifs is 2. The third kappa shape index (κ3) is 4.82. The van der Waals surface area contributed by atoms with Gasteiger partial charge < -0.3 is 14.8 Å². The minimum atomic E-state index is -0.571. The highest BCUT2D eigenvalue weighted by atomic mass is 16.2. The monoisotopic (exact) mass is 446 g/mol. The summed E-state index contributed by atoms with van der Waals surface area (Å²) in [5.41, 5.74) is 2.56. The molecule has 0 radical (unpaired) electrons.